The summed E-state index contributed by atoms with van der Waals surface area (Å²) >= 11 is 0. The molecule has 5 heteroatoms. The molecule has 0 aromatic rings. The molecule has 0 atom stereocenters. The van der Waals surface area contributed by atoms with Crippen LogP contribution in [-0.4, -0.2) is 31.3 Å². The lowest BCUT2D eigenvalue weighted by atomic mass is 9.86. The molecule has 0 aromatic carbocycles. The van der Waals surface area contributed by atoms with Gasteiger partial charge in [-0.05, 0) is 39.5 Å². The fraction of sp³-hybridized carbons (Fsp3) is 0.833. The Morgan fingerprint density at radius 2 is 1.65 bits per heavy atom. The van der Waals surface area contributed by atoms with Gasteiger partial charge in [-0.1, -0.05) is 0 Å². The molecule has 1 rings (SSSR count). The quantitative estimate of drug-likeness (QED) is 0.765. The first-order chi connectivity index (χ1) is 8.17. The molecule has 0 unspecified atom stereocenters. The molecule has 5 nitrogen and oxygen atoms in total. The van der Waals surface area contributed by atoms with Crippen molar-refractivity contribution in [3.63, 3.8) is 0 Å². The Bertz CT molecular complexity index is 259. The molecule has 0 saturated heterocycles. The molecular weight excluding hydrogens is 222 g/mol. The van der Waals surface area contributed by atoms with Crippen LogP contribution in [-0.2, 0) is 14.3 Å². The highest BCUT2D eigenvalue weighted by molar-refractivity contribution is 5.72. The Balaban J connectivity index is 2.26. The van der Waals surface area contributed by atoms with Crippen molar-refractivity contribution in [2.45, 2.75) is 45.6 Å². The molecular formula is C12H21NO4. The SMILES string of the molecule is CCOC(=O)NC1CCC(C(=O)OCC)CC1. The van der Waals surface area contributed by atoms with Crippen LogP contribution in [0.2, 0.25) is 0 Å². The van der Waals surface area contributed by atoms with Crippen LogP contribution in [0.25, 0.3) is 0 Å². The second-order valence-electron chi connectivity index (χ2n) is 4.17. The van der Waals surface area contributed by atoms with Crippen molar-refractivity contribution in [1.82, 2.24) is 5.32 Å². The number of carbonyl (C=O) groups is 2. The van der Waals surface area contributed by atoms with Crippen LogP contribution < -0.4 is 5.32 Å². The fourth-order valence-electron chi connectivity index (χ4n) is 2.07. The van der Waals surface area contributed by atoms with Crippen molar-refractivity contribution in [3.05, 3.63) is 0 Å². The maximum Gasteiger partial charge on any atom is 0.407 e. The molecule has 1 fully saturated rings. The molecule has 0 radical (unpaired) electrons. The average molecular weight is 243 g/mol. The maximum atomic E-state index is 11.5. The van der Waals surface area contributed by atoms with Crippen LogP contribution >= 0.6 is 0 Å². The Labute approximate surface area is 102 Å². The minimum Gasteiger partial charge on any atom is -0.466 e. The van der Waals surface area contributed by atoms with E-state index in [0.29, 0.717) is 13.2 Å². The monoisotopic (exact) mass is 243 g/mol. The summed E-state index contributed by atoms with van der Waals surface area (Å²) in [5.74, 6) is -0.114. The Morgan fingerprint density at radius 1 is 1.06 bits per heavy atom. The topological polar surface area (TPSA) is 64.6 Å². The lowest BCUT2D eigenvalue weighted by Crippen LogP contribution is -2.39. The first kappa shape index (κ1) is 13.8. The van der Waals surface area contributed by atoms with Gasteiger partial charge in [0.05, 0.1) is 19.1 Å². The van der Waals surface area contributed by atoms with Gasteiger partial charge >= 0.3 is 12.1 Å². The van der Waals surface area contributed by atoms with Crippen LogP contribution in [0.1, 0.15) is 39.5 Å². The van der Waals surface area contributed by atoms with E-state index >= 15 is 0 Å². The summed E-state index contributed by atoms with van der Waals surface area (Å²) in [6.07, 6.45) is 2.79. The maximum absolute atomic E-state index is 11.5. The van der Waals surface area contributed by atoms with E-state index < -0.39 is 0 Å². The van der Waals surface area contributed by atoms with E-state index in [9.17, 15) is 9.59 Å². The molecule has 0 bridgehead atoms. The molecule has 98 valence electrons. The van der Waals surface area contributed by atoms with Gasteiger partial charge in [0.1, 0.15) is 0 Å². The number of ether oxygens (including phenoxy) is 2. The fourth-order valence-corrected chi connectivity index (χ4v) is 2.07. The van der Waals surface area contributed by atoms with Gasteiger partial charge < -0.3 is 14.8 Å². The van der Waals surface area contributed by atoms with Gasteiger partial charge in [0.15, 0.2) is 0 Å². The zero-order valence-corrected chi connectivity index (χ0v) is 10.5. The summed E-state index contributed by atoms with van der Waals surface area (Å²) in [5, 5.41) is 2.80. The standard InChI is InChI=1S/C12H21NO4/c1-3-16-11(14)9-5-7-10(8-6-9)13-12(15)17-4-2/h9-10H,3-8H2,1-2H3,(H,13,15). The molecule has 0 aromatic heterocycles. The minimum absolute atomic E-state index is 0.00445. The van der Waals surface area contributed by atoms with Crippen LogP contribution in [0.3, 0.4) is 0 Å². The summed E-state index contributed by atoms with van der Waals surface area (Å²) in [4.78, 5) is 22.7. The number of hydrogen-bond donors (Lipinski definition) is 1. The largest absolute Gasteiger partial charge is 0.466 e. The lowest BCUT2D eigenvalue weighted by molar-refractivity contribution is -0.149. The molecule has 1 N–H and O–H groups in total. The molecule has 1 aliphatic carbocycles. The van der Waals surface area contributed by atoms with Gasteiger partial charge in [-0.15, -0.1) is 0 Å². The van der Waals surface area contributed by atoms with Gasteiger partial charge in [-0.3, -0.25) is 4.79 Å². The van der Waals surface area contributed by atoms with Crippen molar-refractivity contribution in [2.24, 2.45) is 5.92 Å². The van der Waals surface area contributed by atoms with Gasteiger partial charge in [-0.25, -0.2) is 4.79 Å². The summed E-state index contributed by atoms with van der Waals surface area (Å²) < 4.78 is 9.80. The first-order valence-electron chi connectivity index (χ1n) is 6.27. The Kier molecular flexibility index (Phi) is 5.80. The number of hydrogen-bond acceptors (Lipinski definition) is 4. The smallest absolute Gasteiger partial charge is 0.407 e. The van der Waals surface area contributed by atoms with E-state index in [-0.39, 0.29) is 24.0 Å². The van der Waals surface area contributed by atoms with Crippen molar-refractivity contribution in [3.8, 4) is 0 Å². The van der Waals surface area contributed by atoms with E-state index in [0.717, 1.165) is 25.7 Å². The van der Waals surface area contributed by atoms with E-state index in [4.69, 9.17) is 9.47 Å². The third kappa shape index (κ3) is 4.63. The van der Waals surface area contributed by atoms with Crippen LogP contribution in [0, 0.1) is 5.92 Å². The highest BCUT2D eigenvalue weighted by atomic mass is 16.5. The zero-order valence-electron chi connectivity index (χ0n) is 10.5. The highest BCUT2D eigenvalue weighted by Gasteiger charge is 2.27. The third-order valence-electron chi connectivity index (χ3n) is 2.94. The first-order valence-corrected chi connectivity index (χ1v) is 6.27. The molecule has 0 heterocycles. The predicted octanol–water partition coefficient (Wildman–Crippen LogP) is 1.85. The number of alkyl carbamates (subject to hydrolysis) is 1. The summed E-state index contributed by atoms with van der Waals surface area (Å²) in [6, 6.07) is 0.125. The lowest BCUT2D eigenvalue weighted by Gasteiger charge is -2.27. The van der Waals surface area contributed by atoms with E-state index in [1.165, 1.54) is 0 Å². The second-order valence-corrected chi connectivity index (χ2v) is 4.17. The normalized spacial score (nSPS) is 23.9. The van der Waals surface area contributed by atoms with Gasteiger partial charge in [-0.2, -0.15) is 0 Å². The van der Waals surface area contributed by atoms with Crippen molar-refractivity contribution >= 4 is 12.1 Å². The Hall–Kier alpha value is -1.26. The Morgan fingerprint density at radius 3 is 2.18 bits per heavy atom. The average Bonchev–Trinajstić information content (AvgIpc) is 2.30. The number of rotatable bonds is 4. The van der Waals surface area contributed by atoms with Crippen molar-refractivity contribution < 1.29 is 19.1 Å². The number of nitrogens with one attached hydrogen (secondary N) is 1. The summed E-state index contributed by atoms with van der Waals surface area (Å²) in [6.45, 7) is 4.40. The summed E-state index contributed by atoms with van der Waals surface area (Å²) in [7, 11) is 0. The van der Waals surface area contributed by atoms with Gasteiger partial charge in [0.25, 0.3) is 0 Å². The molecule has 1 amide bonds. The van der Waals surface area contributed by atoms with Crippen LogP contribution in [0.5, 0.6) is 0 Å². The van der Waals surface area contributed by atoms with Crippen LogP contribution in [0.4, 0.5) is 4.79 Å². The minimum atomic E-state index is -0.368. The molecule has 1 aliphatic rings. The molecule has 17 heavy (non-hydrogen) atoms. The van der Waals surface area contributed by atoms with Crippen molar-refractivity contribution in [2.75, 3.05) is 13.2 Å². The molecule has 0 spiro atoms. The predicted molar refractivity (Wildman–Crippen MR) is 62.5 cm³/mol. The molecule has 1 saturated carbocycles. The summed E-state index contributed by atoms with van der Waals surface area (Å²) in [5.41, 5.74) is 0. The van der Waals surface area contributed by atoms with E-state index in [1.54, 1.807) is 6.92 Å². The second kappa shape index (κ2) is 7.14. The van der Waals surface area contributed by atoms with E-state index in [1.807, 2.05) is 6.92 Å². The van der Waals surface area contributed by atoms with E-state index in [2.05, 4.69) is 5.32 Å². The van der Waals surface area contributed by atoms with Gasteiger partial charge in [0, 0.05) is 6.04 Å². The highest BCUT2D eigenvalue weighted by Crippen LogP contribution is 2.25. The number of carbonyl (C=O) groups excluding carboxylic acids is 2. The van der Waals surface area contributed by atoms with Crippen LogP contribution in [0.15, 0.2) is 0 Å². The van der Waals surface area contributed by atoms with Gasteiger partial charge in [0.2, 0.25) is 0 Å². The molecule has 0 aliphatic heterocycles. The third-order valence-corrected chi connectivity index (χ3v) is 2.94. The van der Waals surface area contributed by atoms with Crippen molar-refractivity contribution in [1.29, 1.82) is 0 Å². The number of esters is 1. The number of amides is 1. The zero-order chi connectivity index (χ0) is 12.7.